The second-order valence-electron chi connectivity index (χ2n) is 5.48. The van der Waals surface area contributed by atoms with Gasteiger partial charge in [-0.3, -0.25) is 4.79 Å². The van der Waals surface area contributed by atoms with E-state index in [2.05, 4.69) is 34.9 Å². The van der Waals surface area contributed by atoms with Crippen molar-refractivity contribution in [3.63, 3.8) is 0 Å². The number of halogens is 1. The minimum Gasteiger partial charge on any atom is -0.350 e. The molecule has 1 aliphatic rings. The fraction of sp³-hybridized carbons (Fsp3) is 0.278. The van der Waals surface area contributed by atoms with Gasteiger partial charge >= 0.3 is 0 Å². The summed E-state index contributed by atoms with van der Waals surface area (Å²) in [4.78, 5) is 12.3. The highest BCUT2D eigenvalue weighted by Gasteiger charge is 2.20. The van der Waals surface area contributed by atoms with Gasteiger partial charge in [0, 0.05) is 18.2 Å². The maximum atomic E-state index is 12.3. The summed E-state index contributed by atoms with van der Waals surface area (Å²) in [6.07, 6.45) is 1.05. The molecule has 0 radical (unpaired) electrons. The van der Waals surface area contributed by atoms with Gasteiger partial charge in [0.1, 0.15) is 0 Å². The van der Waals surface area contributed by atoms with Crippen LogP contribution in [0.3, 0.4) is 0 Å². The molecule has 4 heteroatoms. The van der Waals surface area contributed by atoms with Crippen LogP contribution >= 0.6 is 12.4 Å². The monoisotopic (exact) mass is 316 g/mol. The Morgan fingerprint density at radius 1 is 1.18 bits per heavy atom. The number of aryl methyl sites for hydroxylation is 1. The lowest BCUT2D eigenvalue weighted by Gasteiger charge is -2.27. The zero-order valence-corrected chi connectivity index (χ0v) is 13.5. The van der Waals surface area contributed by atoms with Gasteiger partial charge in [0.05, 0.1) is 0 Å². The van der Waals surface area contributed by atoms with Crippen LogP contribution in [0.2, 0.25) is 0 Å². The van der Waals surface area contributed by atoms with Gasteiger partial charge in [0.15, 0.2) is 0 Å². The Kier molecular flexibility index (Phi) is 5.58. The molecule has 116 valence electrons. The molecule has 2 aromatic rings. The SMILES string of the molecule is Cc1ccccc1C(=O)NCC1NCCc2ccccc21.Cl. The molecule has 1 heterocycles. The zero-order valence-electron chi connectivity index (χ0n) is 12.6. The summed E-state index contributed by atoms with van der Waals surface area (Å²) in [6, 6.07) is 16.3. The third-order valence-corrected chi connectivity index (χ3v) is 4.07. The summed E-state index contributed by atoms with van der Waals surface area (Å²) in [7, 11) is 0. The molecule has 1 atom stereocenters. The largest absolute Gasteiger partial charge is 0.350 e. The van der Waals surface area contributed by atoms with Crippen LogP contribution < -0.4 is 10.6 Å². The second-order valence-corrected chi connectivity index (χ2v) is 5.48. The van der Waals surface area contributed by atoms with E-state index in [0.29, 0.717) is 6.54 Å². The van der Waals surface area contributed by atoms with Crippen LogP contribution in [0.1, 0.15) is 33.1 Å². The van der Waals surface area contributed by atoms with Gasteiger partial charge in [0.25, 0.3) is 5.91 Å². The third-order valence-electron chi connectivity index (χ3n) is 4.07. The zero-order chi connectivity index (χ0) is 14.7. The molecule has 22 heavy (non-hydrogen) atoms. The molecule has 1 amide bonds. The average Bonchev–Trinajstić information content (AvgIpc) is 2.53. The van der Waals surface area contributed by atoms with Gasteiger partial charge in [0.2, 0.25) is 0 Å². The first-order valence-electron chi connectivity index (χ1n) is 7.41. The minimum absolute atomic E-state index is 0. The summed E-state index contributed by atoms with van der Waals surface area (Å²) in [5, 5.41) is 6.53. The lowest BCUT2D eigenvalue weighted by atomic mass is 9.94. The molecule has 2 aromatic carbocycles. The molecule has 3 nitrogen and oxygen atoms in total. The van der Waals surface area contributed by atoms with E-state index in [-0.39, 0.29) is 24.4 Å². The molecule has 0 bridgehead atoms. The maximum Gasteiger partial charge on any atom is 0.251 e. The normalized spacial score (nSPS) is 16.3. The Labute approximate surface area is 137 Å². The molecular weight excluding hydrogens is 296 g/mol. The Balaban J connectivity index is 0.00000176. The van der Waals surface area contributed by atoms with E-state index in [1.807, 2.05) is 31.2 Å². The molecule has 1 aliphatic heterocycles. The van der Waals surface area contributed by atoms with Crippen LogP contribution in [-0.2, 0) is 6.42 Å². The number of benzene rings is 2. The Morgan fingerprint density at radius 2 is 1.91 bits per heavy atom. The topological polar surface area (TPSA) is 41.1 Å². The van der Waals surface area contributed by atoms with Crippen molar-refractivity contribution in [2.75, 3.05) is 13.1 Å². The Morgan fingerprint density at radius 3 is 2.73 bits per heavy atom. The number of rotatable bonds is 3. The van der Waals surface area contributed by atoms with E-state index in [1.165, 1.54) is 11.1 Å². The number of hydrogen-bond acceptors (Lipinski definition) is 2. The van der Waals surface area contributed by atoms with Gasteiger partial charge in [-0.15, -0.1) is 12.4 Å². The molecule has 2 N–H and O–H groups in total. The van der Waals surface area contributed by atoms with Crippen LogP contribution in [0.15, 0.2) is 48.5 Å². The highest BCUT2D eigenvalue weighted by molar-refractivity contribution is 5.95. The van der Waals surface area contributed by atoms with Gasteiger partial charge in [-0.25, -0.2) is 0 Å². The van der Waals surface area contributed by atoms with E-state index in [1.54, 1.807) is 0 Å². The number of carbonyl (C=O) groups excluding carboxylic acids is 1. The van der Waals surface area contributed by atoms with Gasteiger partial charge in [-0.1, -0.05) is 42.5 Å². The third kappa shape index (κ3) is 3.49. The predicted octanol–water partition coefficient (Wildman–Crippen LogP) is 3.03. The molecule has 0 saturated heterocycles. The van der Waals surface area contributed by atoms with Crippen molar-refractivity contribution < 1.29 is 4.79 Å². The van der Waals surface area contributed by atoms with Gasteiger partial charge in [-0.05, 0) is 42.6 Å². The lowest BCUT2D eigenvalue weighted by molar-refractivity contribution is 0.0948. The summed E-state index contributed by atoms with van der Waals surface area (Å²) in [5.41, 5.74) is 4.44. The predicted molar refractivity (Wildman–Crippen MR) is 91.6 cm³/mol. The smallest absolute Gasteiger partial charge is 0.251 e. The minimum atomic E-state index is -0.00189. The molecule has 3 rings (SSSR count). The number of hydrogen-bond donors (Lipinski definition) is 2. The fourth-order valence-electron chi connectivity index (χ4n) is 2.89. The van der Waals surface area contributed by atoms with E-state index < -0.39 is 0 Å². The number of carbonyl (C=O) groups is 1. The van der Waals surface area contributed by atoms with Crippen molar-refractivity contribution in [3.8, 4) is 0 Å². The van der Waals surface area contributed by atoms with Gasteiger partial charge in [-0.2, -0.15) is 0 Å². The molecule has 0 fully saturated rings. The second kappa shape index (κ2) is 7.43. The quantitative estimate of drug-likeness (QED) is 0.914. The van der Waals surface area contributed by atoms with E-state index in [9.17, 15) is 4.79 Å². The van der Waals surface area contributed by atoms with Crippen molar-refractivity contribution in [2.45, 2.75) is 19.4 Å². The van der Waals surface area contributed by atoms with Crippen LogP contribution in [-0.4, -0.2) is 19.0 Å². The average molecular weight is 317 g/mol. The van der Waals surface area contributed by atoms with Crippen LogP contribution in [0.25, 0.3) is 0 Å². The molecule has 0 saturated carbocycles. The highest BCUT2D eigenvalue weighted by Crippen LogP contribution is 2.22. The summed E-state index contributed by atoms with van der Waals surface area (Å²) in [5.74, 6) is -0.00189. The number of fused-ring (bicyclic) bond motifs is 1. The molecule has 0 spiro atoms. The molecule has 0 aromatic heterocycles. The summed E-state index contributed by atoms with van der Waals surface area (Å²) < 4.78 is 0. The fourth-order valence-corrected chi connectivity index (χ4v) is 2.89. The van der Waals surface area contributed by atoms with Crippen LogP contribution in [0.4, 0.5) is 0 Å². The molecule has 0 aliphatic carbocycles. The maximum absolute atomic E-state index is 12.3. The van der Waals surface area contributed by atoms with E-state index in [4.69, 9.17) is 0 Å². The summed E-state index contributed by atoms with van der Waals surface area (Å²) >= 11 is 0. The Hall–Kier alpha value is -1.84. The first-order chi connectivity index (χ1) is 10.3. The number of amides is 1. The van der Waals surface area contributed by atoms with Crippen molar-refractivity contribution in [3.05, 3.63) is 70.8 Å². The molecular formula is C18H21ClN2O. The van der Waals surface area contributed by atoms with E-state index in [0.717, 1.165) is 24.1 Å². The Bertz CT molecular complexity index is 657. The van der Waals surface area contributed by atoms with Gasteiger partial charge < -0.3 is 10.6 Å². The highest BCUT2D eigenvalue weighted by atomic mass is 35.5. The summed E-state index contributed by atoms with van der Waals surface area (Å²) in [6.45, 7) is 3.54. The van der Waals surface area contributed by atoms with Crippen molar-refractivity contribution >= 4 is 18.3 Å². The van der Waals surface area contributed by atoms with E-state index >= 15 is 0 Å². The van der Waals surface area contributed by atoms with Crippen molar-refractivity contribution in [2.24, 2.45) is 0 Å². The first-order valence-corrected chi connectivity index (χ1v) is 7.41. The van der Waals surface area contributed by atoms with Crippen LogP contribution in [0.5, 0.6) is 0 Å². The van der Waals surface area contributed by atoms with Crippen molar-refractivity contribution in [1.29, 1.82) is 0 Å². The number of nitrogens with one attached hydrogen (secondary N) is 2. The lowest BCUT2D eigenvalue weighted by Crippen LogP contribution is -2.39. The van der Waals surface area contributed by atoms with Crippen molar-refractivity contribution in [1.82, 2.24) is 10.6 Å². The first kappa shape index (κ1) is 16.5. The molecule has 1 unspecified atom stereocenters. The van der Waals surface area contributed by atoms with Crippen LogP contribution in [0, 0.1) is 6.92 Å². The standard InChI is InChI=1S/C18H20N2O.ClH/c1-13-6-2-4-8-15(13)18(21)20-12-17-16-9-5-3-7-14(16)10-11-19-17;/h2-9,17,19H,10-12H2,1H3,(H,20,21);1H.